The molecule has 3 aromatic carbocycles. The summed E-state index contributed by atoms with van der Waals surface area (Å²) in [6.07, 6.45) is 0. The third-order valence-corrected chi connectivity index (χ3v) is 7.71. The van der Waals surface area contributed by atoms with Crippen LogP contribution in [0.15, 0.2) is 72.3 Å². The lowest BCUT2D eigenvalue weighted by molar-refractivity contribution is -0.132. The molecule has 1 unspecified atom stereocenters. The van der Waals surface area contributed by atoms with Gasteiger partial charge in [-0.25, -0.2) is 4.98 Å². The Labute approximate surface area is 223 Å². The predicted octanol–water partition coefficient (Wildman–Crippen LogP) is 6.88. The van der Waals surface area contributed by atoms with Crippen LogP contribution in [0.2, 0.25) is 5.02 Å². The SMILES string of the molecule is COc1ccc2nc(N3C(=O)C(=O)C(=C(O)c4ccc(Cl)cc4)C3c3ccc(C(C)(C)C)cc3)sc2c1. The number of ether oxygens (including phenoxy) is 1. The molecule has 1 saturated heterocycles. The van der Waals surface area contributed by atoms with Crippen molar-refractivity contribution < 1.29 is 19.4 Å². The number of ketones is 1. The maximum atomic E-state index is 13.5. The van der Waals surface area contributed by atoms with Gasteiger partial charge in [-0.3, -0.25) is 14.5 Å². The molecule has 0 aliphatic carbocycles. The standard InChI is InChI=1S/C29H25ClN2O4S/c1-29(2,3)18-9-5-16(6-10-18)24-23(25(33)17-7-11-19(30)12-8-17)26(34)27(35)32(24)28-31-21-14-13-20(36-4)15-22(21)37-28/h5-15,24,33H,1-4H3. The first-order valence-corrected chi connectivity index (χ1v) is 12.9. The van der Waals surface area contributed by atoms with Gasteiger partial charge in [0.25, 0.3) is 5.78 Å². The molecule has 0 spiro atoms. The molecule has 2 heterocycles. The Bertz CT molecular complexity index is 1550. The minimum atomic E-state index is -0.854. The topological polar surface area (TPSA) is 79.7 Å². The second-order valence-electron chi connectivity index (χ2n) is 9.88. The van der Waals surface area contributed by atoms with Gasteiger partial charge in [-0.2, -0.15) is 0 Å². The number of thiazole rings is 1. The van der Waals surface area contributed by atoms with Crippen molar-refractivity contribution in [2.24, 2.45) is 0 Å². The zero-order valence-corrected chi connectivity index (χ0v) is 22.4. The van der Waals surface area contributed by atoms with Crippen molar-refractivity contribution in [1.82, 2.24) is 4.98 Å². The normalized spacial score (nSPS) is 17.5. The summed E-state index contributed by atoms with van der Waals surface area (Å²) < 4.78 is 6.14. The molecule has 4 aromatic rings. The molecule has 1 aliphatic heterocycles. The number of hydrogen-bond donors (Lipinski definition) is 1. The molecular formula is C29H25ClN2O4S. The number of aliphatic hydroxyl groups excluding tert-OH is 1. The molecule has 188 valence electrons. The van der Waals surface area contributed by atoms with E-state index in [9.17, 15) is 14.7 Å². The molecule has 1 atom stereocenters. The monoisotopic (exact) mass is 532 g/mol. The second kappa shape index (κ2) is 9.32. The van der Waals surface area contributed by atoms with Gasteiger partial charge in [-0.15, -0.1) is 0 Å². The number of rotatable bonds is 4. The van der Waals surface area contributed by atoms with E-state index in [2.05, 4.69) is 25.8 Å². The second-order valence-corrected chi connectivity index (χ2v) is 11.3. The van der Waals surface area contributed by atoms with Crippen molar-refractivity contribution in [3.63, 3.8) is 0 Å². The first-order valence-electron chi connectivity index (χ1n) is 11.7. The lowest BCUT2D eigenvalue weighted by Crippen LogP contribution is -2.29. The Morgan fingerprint density at radius 2 is 1.70 bits per heavy atom. The Kier molecular flexibility index (Phi) is 6.30. The van der Waals surface area contributed by atoms with Gasteiger partial charge >= 0.3 is 5.91 Å². The number of fused-ring (bicyclic) bond motifs is 1. The van der Waals surface area contributed by atoms with E-state index in [0.29, 0.717) is 32.5 Å². The smallest absolute Gasteiger partial charge is 0.301 e. The number of amides is 1. The predicted molar refractivity (Wildman–Crippen MR) is 148 cm³/mol. The van der Waals surface area contributed by atoms with Crippen molar-refractivity contribution in [3.8, 4) is 5.75 Å². The van der Waals surface area contributed by atoms with E-state index < -0.39 is 17.7 Å². The number of hydrogen-bond acceptors (Lipinski definition) is 6. The lowest BCUT2D eigenvalue weighted by atomic mass is 9.85. The molecule has 1 aromatic heterocycles. The fourth-order valence-corrected chi connectivity index (χ4v) is 5.54. The first-order chi connectivity index (χ1) is 17.6. The van der Waals surface area contributed by atoms with Gasteiger partial charge in [0, 0.05) is 10.6 Å². The molecular weight excluding hydrogens is 508 g/mol. The highest BCUT2D eigenvalue weighted by molar-refractivity contribution is 7.22. The molecule has 1 fully saturated rings. The van der Waals surface area contributed by atoms with Gasteiger partial charge in [0.15, 0.2) is 5.13 Å². The van der Waals surface area contributed by atoms with Crippen LogP contribution >= 0.6 is 22.9 Å². The number of aliphatic hydroxyl groups is 1. The third kappa shape index (κ3) is 4.49. The van der Waals surface area contributed by atoms with Crippen LogP contribution < -0.4 is 9.64 Å². The van der Waals surface area contributed by atoms with Crippen LogP contribution in [0.5, 0.6) is 5.75 Å². The number of halogens is 1. The molecule has 0 radical (unpaired) electrons. The van der Waals surface area contributed by atoms with Gasteiger partial charge in [-0.1, -0.05) is 68.0 Å². The van der Waals surface area contributed by atoms with Gasteiger partial charge < -0.3 is 9.84 Å². The van der Waals surface area contributed by atoms with Crippen molar-refractivity contribution in [2.45, 2.75) is 32.2 Å². The molecule has 6 nitrogen and oxygen atoms in total. The maximum absolute atomic E-state index is 13.5. The Morgan fingerprint density at radius 1 is 1.03 bits per heavy atom. The number of Topliss-reactive ketones (excluding diaryl/α,β-unsaturated/α-hetero) is 1. The number of anilines is 1. The van der Waals surface area contributed by atoms with Gasteiger partial charge in [0.1, 0.15) is 11.5 Å². The average molecular weight is 533 g/mol. The summed E-state index contributed by atoms with van der Waals surface area (Å²) >= 11 is 7.31. The molecule has 0 saturated carbocycles. The number of carbonyl (C=O) groups excluding carboxylic acids is 2. The van der Waals surface area contributed by atoms with E-state index in [-0.39, 0.29) is 16.7 Å². The average Bonchev–Trinajstić information content (AvgIpc) is 3.41. The van der Waals surface area contributed by atoms with E-state index in [1.165, 1.54) is 16.2 Å². The maximum Gasteiger partial charge on any atom is 0.301 e. The summed E-state index contributed by atoms with van der Waals surface area (Å²) in [5.41, 5.74) is 2.82. The Hall–Kier alpha value is -3.68. The van der Waals surface area contributed by atoms with Crippen LogP contribution in [-0.2, 0) is 15.0 Å². The van der Waals surface area contributed by atoms with Crippen LogP contribution in [0.25, 0.3) is 16.0 Å². The summed E-state index contributed by atoms with van der Waals surface area (Å²) in [5, 5.41) is 12.2. The zero-order chi connectivity index (χ0) is 26.5. The van der Waals surface area contributed by atoms with Gasteiger partial charge in [0.2, 0.25) is 0 Å². The summed E-state index contributed by atoms with van der Waals surface area (Å²) in [6, 6.07) is 18.9. The number of methoxy groups -OCH3 is 1. The number of aromatic nitrogens is 1. The van der Waals surface area contributed by atoms with Crippen molar-refractivity contribution >= 4 is 55.7 Å². The molecule has 0 bridgehead atoms. The van der Waals surface area contributed by atoms with Crippen molar-refractivity contribution in [1.29, 1.82) is 0 Å². The summed E-state index contributed by atoms with van der Waals surface area (Å²) in [4.78, 5) is 32.9. The number of carbonyl (C=O) groups is 2. The largest absolute Gasteiger partial charge is 0.507 e. The highest BCUT2D eigenvalue weighted by Crippen LogP contribution is 2.45. The fourth-order valence-electron chi connectivity index (χ4n) is 4.40. The minimum absolute atomic E-state index is 0.00710. The molecule has 8 heteroatoms. The summed E-state index contributed by atoms with van der Waals surface area (Å²) in [6.45, 7) is 6.35. The number of nitrogens with zero attached hydrogens (tertiary/aromatic N) is 2. The first kappa shape index (κ1) is 25.0. The number of benzene rings is 3. The van der Waals surface area contributed by atoms with Crippen LogP contribution in [0.1, 0.15) is 43.5 Å². The van der Waals surface area contributed by atoms with Crippen LogP contribution in [0.3, 0.4) is 0 Å². The summed E-state index contributed by atoms with van der Waals surface area (Å²) in [5.74, 6) is -1.10. The Morgan fingerprint density at radius 3 is 2.32 bits per heavy atom. The zero-order valence-electron chi connectivity index (χ0n) is 20.8. The minimum Gasteiger partial charge on any atom is -0.507 e. The van der Waals surface area contributed by atoms with E-state index in [1.807, 2.05) is 36.4 Å². The molecule has 1 N–H and O–H groups in total. The molecule has 37 heavy (non-hydrogen) atoms. The van der Waals surface area contributed by atoms with Crippen molar-refractivity contribution in [3.05, 3.63) is 94.0 Å². The van der Waals surface area contributed by atoms with Crippen LogP contribution in [0.4, 0.5) is 5.13 Å². The van der Waals surface area contributed by atoms with Crippen molar-refractivity contribution in [2.75, 3.05) is 12.0 Å². The fraction of sp³-hybridized carbons (Fsp3) is 0.207. The van der Waals surface area contributed by atoms with Crippen LogP contribution in [0, 0.1) is 0 Å². The Balaban J connectivity index is 1.70. The third-order valence-electron chi connectivity index (χ3n) is 6.44. The van der Waals surface area contributed by atoms with Crippen LogP contribution in [-0.4, -0.2) is 28.9 Å². The quantitative estimate of drug-likeness (QED) is 0.176. The van der Waals surface area contributed by atoms with Gasteiger partial charge in [-0.05, 0) is 59.0 Å². The molecule has 1 amide bonds. The van der Waals surface area contributed by atoms with E-state index in [4.69, 9.17) is 16.3 Å². The van der Waals surface area contributed by atoms with E-state index in [0.717, 1.165) is 10.3 Å². The lowest BCUT2D eigenvalue weighted by Gasteiger charge is -2.24. The van der Waals surface area contributed by atoms with E-state index >= 15 is 0 Å². The molecule has 1 aliphatic rings. The van der Waals surface area contributed by atoms with Gasteiger partial charge in [0.05, 0.1) is 28.9 Å². The molecule has 5 rings (SSSR count). The highest BCUT2D eigenvalue weighted by Gasteiger charge is 2.48. The van der Waals surface area contributed by atoms with E-state index in [1.54, 1.807) is 37.4 Å². The summed E-state index contributed by atoms with van der Waals surface area (Å²) in [7, 11) is 1.58. The highest BCUT2D eigenvalue weighted by atomic mass is 35.5.